The number of carboxylic acid groups (broad SMARTS) is 1. The minimum Gasteiger partial charge on any atom is -0.478 e. The van der Waals surface area contributed by atoms with Gasteiger partial charge in [0.15, 0.2) is 0 Å². The molecule has 1 aromatic rings. The van der Waals surface area contributed by atoms with Gasteiger partial charge < -0.3 is 10.8 Å². The smallest absolute Gasteiger partial charge is 0.335 e. The summed E-state index contributed by atoms with van der Waals surface area (Å²) < 4.78 is 0. The Labute approximate surface area is 80.7 Å². The van der Waals surface area contributed by atoms with Crippen LogP contribution in [-0.2, 0) is 4.79 Å². The Balaban J connectivity index is 3.12. The Morgan fingerprint density at radius 1 is 1.29 bits per heavy atom. The molecule has 1 aromatic carbocycles. The Kier molecular flexibility index (Phi) is 2.67. The lowest BCUT2D eigenvalue weighted by Crippen LogP contribution is -2.12. The molecule has 72 valence electrons. The SMILES string of the molecule is C=C(C(N)=O)c1cccc(C(=O)O)c1. The van der Waals surface area contributed by atoms with Crippen molar-refractivity contribution in [3.63, 3.8) is 0 Å². The topological polar surface area (TPSA) is 80.4 Å². The van der Waals surface area contributed by atoms with Gasteiger partial charge in [0.05, 0.1) is 5.56 Å². The van der Waals surface area contributed by atoms with Crippen LogP contribution in [0, 0.1) is 0 Å². The second-order valence-electron chi connectivity index (χ2n) is 2.73. The van der Waals surface area contributed by atoms with Crippen molar-refractivity contribution in [2.24, 2.45) is 5.73 Å². The lowest BCUT2D eigenvalue weighted by Gasteiger charge is -2.02. The summed E-state index contributed by atoms with van der Waals surface area (Å²) in [6.07, 6.45) is 0. The summed E-state index contributed by atoms with van der Waals surface area (Å²) >= 11 is 0. The highest BCUT2D eigenvalue weighted by Crippen LogP contribution is 2.13. The van der Waals surface area contributed by atoms with Gasteiger partial charge in [-0.1, -0.05) is 18.7 Å². The number of benzene rings is 1. The second kappa shape index (κ2) is 3.74. The number of aromatic carboxylic acids is 1. The number of hydrogen-bond donors (Lipinski definition) is 2. The number of carbonyl (C=O) groups is 2. The largest absolute Gasteiger partial charge is 0.478 e. The van der Waals surface area contributed by atoms with Crippen LogP contribution in [0.2, 0.25) is 0 Å². The van der Waals surface area contributed by atoms with E-state index in [1.165, 1.54) is 18.2 Å². The van der Waals surface area contributed by atoms with Crippen LogP contribution >= 0.6 is 0 Å². The number of rotatable bonds is 3. The van der Waals surface area contributed by atoms with Crippen LogP contribution < -0.4 is 5.73 Å². The molecule has 4 heteroatoms. The quantitative estimate of drug-likeness (QED) is 0.696. The predicted octanol–water partition coefficient (Wildman–Crippen LogP) is 0.883. The second-order valence-corrected chi connectivity index (χ2v) is 2.73. The fourth-order valence-electron chi connectivity index (χ4n) is 0.982. The van der Waals surface area contributed by atoms with E-state index in [2.05, 4.69) is 6.58 Å². The third kappa shape index (κ3) is 1.98. The molecule has 14 heavy (non-hydrogen) atoms. The Bertz CT molecular complexity index is 410. The van der Waals surface area contributed by atoms with Crippen LogP contribution in [0.3, 0.4) is 0 Å². The maximum Gasteiger partial charge on any atom is 0.335 e. The average Bonchev–Trinajstić information content (AvgIpc) is 2.16. The van der Waals surface area contributed by atoms with Gasteiger partial charge in [0.2, 0.25) is 5.91 Å². The molecular weight excluding hydrogens is 182 g/mol. The number of hydrogen-bond acceptors (Lipinski definition) is 2. The fourth-order valence-corrected chi connectivity index (χ4v) is 0.982. The van der Waals surface area contributed by atoms with Crippen molar-refractivity contribution in [1.29, 1.82) is 0 Å². The number of amides is 1. The molecule has 0 fully saturated rings. The van der Waals surface area contributed by atoms with Gasteiger partial charge in [-0.3, -0.25) is 4.79 Å². The molecule has 0 aliphatic heterocycles. The molecule has 3 N–H and O–H groups in total. The molecule has 0 unspecified atom stereocenters. The monoisotopic (exact) mass is 191 g/mol. The molecule has 0 aliphatic carbocycles. The van der Waals surface area contributed by atoms with Gasteiger partial charge >= 0.3 is 5.97 Å². The highest BCUT2D eigenvalue weighted by atomic mass is 16.4. The Hall–Kier alpha value is -2.10. The maximum atomic E-state index is 10.8. The van der Waals surface area contributed by atoms with Gasteiger partial charge in [-0.2, -0.15) is 0 Å². The maximum absolute atomic E-state index is 10.8. The van der Waals surface area contributed by atoms with E-state index < -0.39 is 11.9 Å². The molecule has 0 aliphatic rings. The van der Waals surface area contributed by atoms with Crippen molar-refractivity contribution < 1.29 is 14.7 Å². The van der Waals surface area contributed by atoms with Gasteiger partial charge in [-0.05, 0) is 17.7 Å². The summed E-state index contributed by atoms with van der Waals surface area (Å²) in [5, 5.41) is 8.68. The molecule has 1 rings (SSSR count). The summed E-state index contributed by atoms with van der Waals surface area (Å²) in [4.78, 5) is 21.4. The first kappa shape index (κ1) is 9.98. The molecular formula is C10H9NO3. The third-order valence-electron chi connectivity index (χ3n) is 1.76. The molecule has 0 bridgehead atoms. The first-order chi connectivity index (χ1) is 6.52. The summed E-state index contributed by atoms with van der Waals surface area (Å²) in [5.41, 5.74) is 5.64. The highest BCUT2D eigenvalue weighted by molar-refractivity contribution is 6.18. The van der Waals surface area contributed by atoms with E-state index in [1.807, 2.05) is 0 Å². The molecule has 0 spiro atoms. The van der Waals surface area contributed by atoms with E-state index in [0.29, 0.717) is 5.56 Å². The number of primary amides is 1. The zero-order valence-corrected chi connectivity index (χ0v) is 7.36. The predicted molar refractivity (Wildman–Crippen MR) is 51.6 cm³/mol. The normalized spacial score (nSPS) is 9.43. The van der Waals surface area contributed by atoms with E-state index in [-0.39, 0.29) is 11.1 Å². The van der Waals surface area contributed by atoms with E-state index >= 15 is 0 Å². The summed E-state index contributed by atoms with van der Waals surface area (Å²) in [5.74, 6) is -1.71. The molecule has 1 amide bonds. The van der Waals surface area contributed by atoms with E-state index in [9.17, 15) is 9.59 Å². The van der Waals surface area contributed by atoms with Crippen LogP contribution in [-0.4, -0.2) is 17.0 Å². The standard InChI is InChI=1S/C10H9NO3/c1-6(9(11)12)7-3-2-4-8(5-7)10(13)14/h2-5H,1H2,(H2,11,12)(H,13,14). The first-order valence-corrected chi connectivity index (χ1v) is 3.85. The lowest BCUT2D eigenvalue weighted by atomic mass is 10.0. The Morgan fingerprint density at radius 2 is 1.86 bits per heavy atom. The van der Waals surface area contributed by atoms with Gasteiger partial charge in [0, 0.05) is 5.57 Å². The van der Waals surface area contributed by atoms with Crippen molar-refractivity contribution in [2.45, 2.75) is 0 Å². The zero-order chi connectivity index (χ0) is 10.7. The van der Waals surface area contributed by atoms with Gasteiger partial charge in [-0.25, -0.2) is 4.79 Å². The van der Waals surface area contributed by atoms with Crippen molar-refractivity contribution in [3.05, 3.63) is 42.0 Å². The number of carbonyl (C=O) groups excluding carboxylic acids is 1. The minimum atomic E-state index is -1.05. The number of nitrogens with two attached hydrogens (primary N) is 1. The fraction of sp³-hybridized carbons (Fsp3) is 0. The molecule has 0 atom stereocenters. The summed E-state index contributed by atoms with van der Waals surface area (Å²) in [7, 11) is 0. The third-order valence-corrected chi connectivity index (χ3v) is 1.76. The van der Waals surface area contributed by atoms with Crippen LogP contribution in [0.25, 0.3) is 5.57 Å². The highest BCUT2D eigenvalue weighted by Gasteiger charge is 2.08. The molecule has 0 aromatic heterocycles. The average molecular weight is 191 g/mol. The van der Waals surface area contributed by atoms with Gasteiger partial charge in [-0.15, -0.1) is 0 Å². The van der Waals surface area contributed by atoms with Crippen LogP contribution in [0.15, 0.2) is 30.8 Å². The summed E-state index contributed by atoms with van der Waals surface area (Å²) in [6.45, 7) is 3.46. The zero-order valence-electron chi connectivity index (χ0n) is 7.36. The van der Waals surface area contributed by atoms with Crippen molar-refractivity contribution in [3.8, 4) is 0 Å². The number of carboxylic acids is 1. The first-order valence-electron chi connectivity index (χ1n) is 3.85. The molecule has 0 radical (unpaired) electrons. The van der Waals surface area contributed by atoms with Crippen molar-refractivity contribution >= 4 is 17.4 Å². The molecule has 4 nitrogen and oxygen atoms in total. The molecule has 0 saturated heterocycles. The minimum absolute atomic E-state index is 0.102. The lowest BCUT2D eigenvalue weighted by molar-refractivity contribution is -0.112. The van der Waals surface area contributed by atoms with Crippen LogP contribution in [0.4, 0.5) is 0 Å². The molecule has 0 saturated carbocycles. The van der Waals surface area contributed by atoms with Gasteiger partial charge in [0.25, 0.3) is 0 Å². The summed E-state index contributed by atoms with van der Waals surface area (Å²) in [6, 6.07) is 5.90. The van der Waals surface area contributed by atoms with Crippen LogP contribution in [0.1, 0.15) is 15.9 Å². The van der Waals surface area contributed by atoms with Gasteiger partial charge in [0.1, 0.15) is 0 Å². The van der Waals surface area contributed by atoms with Crippen molar-refractivity contribution in [2.75, 3.05) is 0 Å². The van der Waals surface area contributed by atoms with E-state index in [0.717, 1.165) is 0 Å². The molecule has 0 heterocycles. The van der Waals surface area contributed by atoms with E-state index in [4.69, 9.17) is 10.8 Å². The van der Waals surface area contributed by atoms with E-state index in [1.54, 1.807) is 6.07 Å². The van der Waals surface area contributed by atoms with Crippen LogP contribution in [0.5, 0.6) is 0 Å². The Morgan fingerprint density at radius 3 is 2.36 bits per heavy atom. The van der Waals surface area contributed by atoms with Crippen molar-refractivity contribution in [1.82, 2.24) is 0 Å².